The lowest BCUT2D eigenvalue weighted by Gasteiger charge is -2.19. The van der Waals surface area contributed by atoms with Gasteiger partial charge in [-0.3, -0.25) is 0 Å². The second-order valence-corrected chi connectivity index (χ2v) is 5.17. The smallest absolute Gasteiger partial charge is 0.407 e. The Bertz CT molecular complexity index is 450. The van der Waals surface area contributed by atoms with Gasteiger partial charge in [0.2, 0.25) is 0 Å². The highest BCUT2D eigenvalue weighted by atomic mass is 19.1. The summed E-state index contributed by atoms with van der Waals surface area (Å²) in [6, 6.07) is 6.34. The molecule has 1 aromatic carbocycles. The minimum Gasteiger partial charge on any atom is -0.444 e. The third-order valence-electron chi connectivity index (χ3n) is 2.14. The van der Waals surface area contributed by atoms with Crippen LogP contribution in [0.4, 0.5) is 9.18 Å². The van der Waals surface area contributed by atoms with E-state index in [-0.39, 0.29) is 5.82 Å². The summed E-state index contributed by atoms with van der Waals surface area (Å²) in [6.45, 7) is 5.93. The summed E-state index contributed by atoms with van der Waals surface area (Å²) in [5.74, 6) is -0.256. The predicted molar refractivity (Wildman–Crippen MR) is 74.3 cm³/mol. The van der Waals surface area contributed by atoms with Crippen molar-refractivity contribution in [2.24, 2.45) is 0 Å². The van der Waals surface area contributed by atoms with Gasteiger partial charge in [0.15, 0.2) is 0 Å². The molecule has 0 heterocycles. The molecule has 19 heavy (non-hydrogen) atoms. The van der Waals surface area contributed by atoms with E-state index in [1.54, 1.807) is 6.07 Å². The molecule has 1 N–H and O–H groups in total. The lowest BCUT2D eigenvalue weighted by Crippen LogP contribution is -2.32. The standard InChI is InChI=1S/C15H20FNO2/c1-15(2,3)19-14(18)17-10-5-4-7-12-8-6-9-13(16)11-12/h4,6-9,11H,5,10H2,1-3H3,(H,17,18). The summed E-state index contributed by atoms with van der Waals surface area (Å²) in [6.07, 6.45) is 3.94. The Hall–Kier alpha value is -1.84. The summed E-state index contributed by atoms with van der Waals surface area (Å²) in [7, 11) is 0. The third-order valence-corrected chi connectivity index (χ3v) is 2.14. The van der Waals surface area contributed by atoms with E-state index in [0.717, 1.165) is 5.56 Å². The van der Waals surface area contributed by atoms with Gasteiger partial charge in [0, 0.05) is 6.54 Å². The molecule has 0 unspecified atom stereocenters. The molecule has 1 rings (SSSR count). The van der Waals surface area contributed by atoms with Crippen LogP contribution in [-0.2, 0) is 4.74 Å². The molecule has 0 radical (unpaired) electrons. The zero-order valence-corrected chi connectivity index (χ0v) is 11.6. The molecule has 0 fully saturated rings. The van der Waals surface area contributed by atoms with Crippen molar-refractivity contribution in [3.05, 3.63) is 41.7 Å². The molecule has 1 aromatic rings. The van der Waals surface area contributed by atoms with Gasteiger partial charge < -0.3 is 10.1 Å². The molecule has 3 nitrogen and oxygen atoms in total. The predicted octanol–water partition coefficient (Wildman–Crippen LogP) is 3.75. The fourth-order valence-electron chi connectivity index (χ4n) is 1.40. The summed E-state index contributed by atoms with van der Waals surface area (Å²) >= 11 is 0. The molecule has 0 spiro atoms. The molecule has 104 valence electrons. The number of carbonyl (C=O) groups is 1. The first-order chi connectivity index (χ1) is 8.87. The minimum atomic E-state index is -0.485. The van der Waals surface area contributed by atoms with Crippen LogP contribution in [0.2, 0.25) is 0 Å². The van der Waals surface area contributed by atoms with Crippen LogP contribution in [-0.4, -0.2) is 18.2 Å². The minimum absolute atomic E-state index is 0.256. The number of hydrogen-bond donors (Lipinski definition) is 1. The first-order valence-corrected chi connectivity index (χ1v) is 6.26. The Morgan fingerprint density at radius 1 is 1.42 bits per heavy atom. The van der Waals surface area contributed by atoms with Crippen LogP contribution in [0.5, 0.6) is 0 Å². The number of ether oxygens (including phenoxy) is 1. The molecule has 0 aliphatic heterocycles. The van der Waals surface area contributed by atoms with Crippen LogP contribution in [0.25, 0.3) is 6.08 Å². The number of amides is 1. The molecule has 0 aliphatic rings. The molecule has 0 saturated heterocycles. The Morgan fingerprint density at radius 3 is 2.79 bits per heavy atom. The van der Waals surface area contributed by atoms with Crippen molar-refractivity contribution in [3.63, 3.8) is 0 Å². The SMILES string of the molecule is CC(C)(C)OC(=O)NCCC=Cc1cccc(F)c1. The largest absolute Gasteiger partial charge is 0.444 e. The van der Waals surface area contributed by atoms with Crippen LogP contribution in [0, 0.1) is 5.82 Å². The van der Waals surface area contributed by atoms with Crippen molar-refractivity contribution in [3.8, 4) is 0 Å². The van der Waals surface area contributed by atoms with Gasteiger partial charge in [-0.15, -0.1) is 0 Å². The molecule has 0 aromatic heterocycles. The van der Waals surface area contributed by atoms with Crippen molar-refractivity contribution < 1.29 is 13.9 Å². The number of hydrogen-bond acceptors (Lipinski definition) is 2. The zero-order valence-electron chi connectivity index (χ0n) is 11.6. The summed E-state index contributed by atoms with van der Waals surface area (Å²) in [5.41, 5.74) is 0.318. The van der Waals surface area contributed by atoms with E-state index in [0.29, 0.717) is 13.0 Å². The van der Waals surface area contributed by atoms with Crippen molar-refractivity contribution in [2.45, 2.75) is 32.8 Å². The first-order valence-electron chi connectivity index (χ1n) is 6.26. The second kappa shape index (κ2) is 6.92. The van der Waals surface area contributed by atoms with E-state index in [2.05, 4.69) is 5.32 Å². The van der Waals surface area contributed by atoms with E-state index in [1.165, 1.54) is 12.1 Å². The maximum atomic E-state index is 12.9. The molecule has 0 saturated carbocycles. The van der Waals surface area contributed by atoms with Gasteiger partial charge in [0.25, 0.3) is 0 Å². The number of nitrogens with one attached hydrogen (secondary N) is 1. The van der Waals surface area contributed by atoms with E-state index in [1.807, 2.05) is 39.0 Å². The number of carbonyl (C=O) groups excluding carboxylic acids is 1. The van der Waals surface area contributed by atoms with Crippen molar-refractivity contribution in [1.29, 1.82) is 0 Å². The van der Waals surface area contributed by atoms with Crippen molar-refractivity contribution >= 4 is 12.2 Å². The Kier molecular flexibility index (Phi) is 5.55. The summed E-state index contributed by atoms with van der Waals surface area (Å²) < 4.78 is 18.0. The van der Waals surface area contributed by atoms with Gasteiger partial charge in [0.05, 0.1) is 0 Å². The molecule has 0 bridgehead atoms. The normalized spacial score (nSPS) is 11.6. The average Bonchev–Trinajstić information content (AvgIpc) is 2.26. The Labute approximate surface area is 113 Å². The van der Waals surface area contributed by atoms with Crippen LogP contribution in [0.3, 0.4) is 0 Å². The van der Waals surface area contributed by atoms with E-state index in [9.17, 15) is 9.18 Å². The summed E-state index contributed by atoms with van der Waals surface area (Å²) in [5, 5.41) is 2.65. The maximum absolute atomic E-state index is 12.9. The van der Waals surface area contributed by atoms with Gasteiger partial charge in [-0.05, 0) is 44.9 Å². The number of benzene rings is 1. The summed E-state index contributed by atoms with van der Waals surface area (Å²) in [4.78, 5) is 11.3. The highest BCUT2D eigenvalue weighted by Gasteiger charge is 2.14. The van der Waals surface area contributed by atoms with Crippen LogP contribution < -0.4 is 5.32 Å². The molecule has 0 aliphatic carbocycles. The van der Waals surface area contributed by atoms with Gasteiger partial charge in [-0.1, -0.05) is 24.3 Å². The highest BCUT2D eigenvalue weighted by molar-refractivity contribution is 5.67. The Balaban J connectivity index is 2.26. The first kappa shape index (κ1) is 15.2. The fourth-order valence-corrected chi connectivity index (χ4v) is 1.40. The molecular formula is C15H20FNO2. The number of rotatable bonds is 4. The number of halogens is 1. The monoisotopic (exact) mass is 265 g/mol. The molecule has 1 amide bonds. The van der Waals surface area contributed by atoms with Crippen LogP contribution >= 0.6 is 0 Å². The van der Waals surface area contributed by atoms with Crippen molar-refractivity contribution in [1.82, 2.24) is 5.32 Å². The van der Waals surface area contributed by atoms with Crippen LogP contribution in [0.15, 0.2) is 30.3 Å². The molecule has 0 atom stereocenters. The molecule has 4 heteroatoms. The van der Waals surface area contributed by atoms with Gasteiger partial charge in [0.1, 0.15) is 11.4 Å². The van der Waals surface area contributed by atoms with Gasteiger partial charge >= 0.3 is 6.09 Å². The Morgan fingerprint density at radius 2 is 2.16 bits per heavy atom. The van der Waals surface area contributed by atoms with E-state index in [4.69, 9.17) is 4.74 Å². The van der Waals surface area contributed by atoms with Gasteiger partial charge in [-0.2, -0.15) is 0 Å². The lowest BCUT2D eigenvalue weighted by atomic mass is 10.2. The highest BCUT2D eigenvalue weighted by Crippen LogP contribution is 2.07. The maximum Gasteiger partial charge on any atom is 0.407 e. The number of alkyl carbamates (subject to hydrolysis) is 1. The third kappa shape index (κ3) is 7.24. The van der Waals surface area contributed by atoms with E-state index >= 15 is 0 Å². The zero-order chi connectivity index (χ0) is 14.3. The van der Waals surface area contributed by atoms with Crippen molar-refractivity contribution in [2.75, 3.05) is 6.54 Å². The fraction of sp³-hybridized carbons (Fsp3) is 0.400. The topological polar surface area (TPSA) is 38.3 Å². The van der Waals surface area contributed by atoms with E-state index < -0.39 is 11.7 Å². The van der Waals surface area contributed by atoms with Crippen LogP contribution in [0.1, 0.15) is 32.8 Å². The second-order valence-electron chi connectivity index (χ2n) is 5.17. The van der Waals surface area contributed by atoms with Gasteiger partial charge in [-0.25, -0.2) is 9.18 Å². The lowest BCUT2D eigenvalue weighted by molar-refractivity contribution is 0.0529. The average molecular weight is 265 g/mol. The quantitative estimate of drug-likeness (QED) is 0.842. The molecular weight excluding hydrogens is 245 g/mol.